The third-order valence-electron chi connectivity index (χ3n) is 3.83. The van der Waals surface area contributed by atoms with E-state index in [2.05, 4.69) is 25.6 Å². The molecule has 0 radical (unpaired) electrons. The fourth-order valence-corrected chi connectivity index (χ4v) is 2.50. The van der Waals surface area contributed by atoms with E-state index in [1.165, 1.54) is 5.56 Å². The van der Waals surface area contributed by atoms with Crippen LogP contribution < -0.4 is 0 Å². The average Bonchev–Trinajstić information content (AvgIpc) is 2.82. The van der Waals surface area contributed by atoms with Crippen molar-refractivity contribution >= 4 is 0 Å². The second-order valence-electron chi connectivity index (χ2n) is 6.12. The van der Waals surface area contributed by atoms with Crippen LogP contribution >= 0.6 is 0 Å². The normalized spacial score (nSPS) is 23.7. The molecule has 0 bridgehead atoms. The molecule has 1 aromatic rings. The van der Waals surface area contributed by atoms with Gasteiger partial charge in [0.25, 0.3) is 0 Å². The summed E-state index contributed by atoms with van der Waals surface area (Å²) >= 11 is 0. The zero-order valence-electron chi connectivity index (χ0n) is 13.2. The minimum atomic E-state index is -0.480. The molecule has 21 heavy (non-hydrogen) atoms. The van der Waals surface area contributed by atoms with Gasteiger partial charge in [-0.05, 0) is 19.4 Å². The van der Waals surface area contributed by atoms with Crippen LogP contribution in [0.1, 0.15) is 32.8 Å². The van der Waals surface area contributed by atoms with E-state index in [0.717, 1.165) is 6.42 Å². The highest BCUT2D eigenvalue weighted by Crippen LogP contribution is 2.27. The first kappa shape index (κ1) is 16.2. The molecule has 0 aromatic heterocycles. The minimum Gasteiger partial charge on any atom is -0.373 e. The third kappa shape index (κ3) is 4.95. The molecule has 3 nitrogen and oxygen atoms in total. The van der Waals surface area contributed by atoms with Gasteiger partial charge in [-0.3, -0.25) is 0 Å². The van der Waals surface area contributed by atoms with Gasteiger partial charge in [0.15, 0.2) is 5.79 Å². The Bertz CT molecular complexity index is 441. The van der Waals surface area contributed by atoms with Gasteiger partial charge in [-0.25, -0.2) is 0 Å². The highest BCUT2D eigenvalue weighted by atomic mass is 16.7. The lowest BCUT2D eigenvalue weighted by atomic mass is 9.99. The second-order valence-corrected chi connectivity index (χ2v) is 6.12. The second kappa shape index (κ2) is 7.21. The lowest BCUT2D eigenvalue weighted by Crippen LogP contribution is -2.29. The van der Waals surface area contributed by atoms with E-state index in [1.54, 1.807) is 0 Å². The SMILES string of the molecule is C=C[C@H](C)[C@@H](C[C@H]1COC(C)(C)O1)OCc1ccccc1. The highest BCUT2D eigenvalue weighted by molar-refractivity contribution is 5.13. The van der Waals surface area contributed by atoms with Crippen LogP contribution in [-0.2, 0) is 20.8 Å². The predicted molar refractivity (Wildman–Crippen MR) is 83.9 cm³/mol. The van der Waals surface area contributed by atoms with E-state index in [1.807, 2.05) is 38.1 Å². The summed E-state index contributed by atoms with van der Waals surface area (Å²) in [6.07, 6.45) is 2.94. The summed E-state index contributed by atoms with van der Waals surface area (Å²) in [5, 5.41) is 0. The van der Waals surface area contributed by atoms with Gasteiger partial charge in [0.1, 0.15) is 0 Å². The molecule has 1 heterocycles. The standard InChI is InChI=1S/C18H26O3/c1-5-14(2)17(11-16-13-20-18(3,4)21-16)19-12-15-9-7-6-8-10-15/h5-10,14,16-17H,1,11-13H2,2-4H3/t14-,16-,17+/m0/s1. The Balaban J connectivity index is 1.90. The highest BCUT2D eigenvalue weighted by Gasteiger charge is 2.34. The minimum absolute atomic E-state index is 0.0863. The summed E-state index contributed by atoms with van der Waals surface area (Å²) in [6.45, 7) is 11.2. The largest absolute Gasteiger partial charge is 0.373 e. The summed E-state index contributed by atoms with van der Waals surface area (Å²) in [5.74, 6) is -0.201. The van der Waals surface area contributed by atoms with E-state index < -0.39 is 5.79 Å². The van der Waals surface area contributed by atoms with Gasteiger partial charge in [0.05, 0.1) is 25.4 Å². The first-order valence-electron chi connectivity index (χ1n) is 7.60. The maximum atomic E-state index is 6.10. The molecular weight excluding hydrogens is 264 g/mol. The Morgan fingerprint density at radius 2 is 2.10 bits per heavy atom. The van der Waals surface area contributed by atoms with Crippen molar-refractivity contribution in [3.63, 3.8) is 0 Å². The van der Waals surface area contributed by atoms with Crippen molar-refractivity contribution in [3.8, 4) is 0 Å². The first-order chi connectivity index (χ1) is 10.00. The van der Waals surface area contributed by atoms with Crippen LogP contribution in [0.5, 0.6) is 0 Å². The van der Waals surface area contributed by atoms with Crippen molar-refractivity contribution in [2.45, 2.75) is 51.8 Å². The van der Waals surface area contributed by atoms with Crippen LogP contribution in [0.25, 0.3) is 0 Å². The molecule has 0 N–H and O–H groups in total. The van der Waals surface area contributed by atoms with E-state index >= 15 is 0 Å². The van der Waals surface area contributed by atoms with Gasteiger partial charge in [-0.15, -0.1) is 6.58 Å². The topological polar surface area (TPSA) is 27.7 Å². The summed E-state index contributed by atoms with van der Waals surface area (Å²) in [4.78, 5) is 0. The monoisotopic (exact) mass is 290 g/mol. The zero-order valence-corrected chi connectivity index (χ0v) is 13.2. The van der Waals surface area contributed by atoms with E-state index in [0.29, 0.717) is 13.2 Å². The average molecular weight is 290 g/mol. The Morgan fingerprint density at radius 3 is 2.67 bits per heavy atom. The molecule has 1 aliphatic rings. The fraction of sp³-hybridized carbons (Fsp3) is 0.556. The van der Waals surface area contributed by atoms with Gasteiger partial charge in [0, 0.05) is 12.3 Å². The van der Waals surface area contributed by atoms with Crippen LogP contribution in [0.4, 0.5) is 0 Å². The molecule has 116 valence electrons. The summed E-state index contributed by atoms with van der Waals surface area (Å²) in [7, 11) is 0. The van der Waals surface area contributed by atoms with Crippen LogP contribution in [0, 0.1) is 5.92 Å². The molecular formula is C18H26O3. The van der Waals surface area contributed by atoms with Crippen molar-refractivity contribution in [3.05, 3.63) is 48.6 Å². The van der Waals surface area contributed by atoms with Crippen molar-refractivity contribution in [2.24, 2.45) is 5.92 Å². The third-order valence-corrected chi connectivity index (χ3v) is 3.83. The van der Waals surface area contributed by atoms with Gasteiger partial charge >= 0.3 is 0 Å². The van der Waals surface area contributed by atoms with Crippen LogP contribution in [0.2, 0.25) is 0 Å². The van der Waals surface area contributed by atoms with E-state index in [-0.39, 0.29) is 18.1 Å². The first-order valence-corrected chi connectivity index (χ1v) is 7.60. The molecule has 0 amide bonds. The van der Waals surface area contributed by atoms with E-state index in [4.69, 9.17) is 14.2 Å². The Hall–Kier alpha value is -1.16. The van der Waals surface area contributed by atoms with Crippen molar-refractivity contribution in [1.29, 1.82) is 0 Å². The molecule has 1 aliphatic heterocycles. The van der Waals surface area contributed by atoms with Gasteiger partial charge < -0.3 is 14.2 Å². The lowest BCUT2D eigenvalue weighted by molar-refractivity contribution is -0.143. The molecule has 1 fully saturated rings. The number of hydrogen-bond acceptors (Lipinski definition) is 3. The Kier molecular flexibility index (Phi) is 5.57. The molecule has 0 spiro atoms. The smallest absolute Gasteiger partial charge is 0.163 e. The fourth-order valence-electron chi connectivity index (χ4n) is 2.50. The molecule has 2 rings (SSSR count). The Labute approximate surface area is 127 Å². The van der Waals surface area contributed by atoms with Crippen LogP contribution in [-0.4, -0.2) is 24.6 Å². The quantitative estimate of drug-likeness (QED) is 0.712. The van der Waals surface area contributed by atoms with Gasteiger partial charge in [0.2, 0.25) is 0 Å². The van der Waals surface area contributed by atoms with Crippen LogP contribution in [0.15, 0.2) is 43.0 Å². The maximum Gasteiger partial charge on any atom is 0.163 e. The lowest BCUT2D eigenvalue weighted by Gasteiger charge is -2.25. The molecule has 0 saturated carbocycles. The molecule has 3 atom stereocenters. The molecule has 0 unspecified atom stereocenters. The predicted octanol–water partition coefficient (Wildman–Crippen LogP) is 3.94. The van der Waals surface area contributed by atoms with Gasteiger partial charge in [-0.2, -0.15) is 0 Å². The summed E-state index contributed by atoms with van der Waals surface area (Å²) in [6, 6.07) is 10.2. The Morgan fingerprint density at radius 1 is 1.38 bits per heavy atom. The number of rotatable bonds is 7. The van der Waals surface area contributed by atoms with Gasteiger partial charge in [-0.1, -0.05) is 43.3 Å². The number of ether oxygens (including phenoxy) is 3. The molecule has 1 saturated heterocycles. The zero-order chi connectivity index (χ0) is 15.3. The summed E-state index contributed by atoms with van der Waals surface area (Å²) in [5.41, 5.74) is 1.18. The number of hydrogen-bond donors (Lipinski definition) is 0. The summed E-state index contributed by atoms with van der Waals surface area (Å²) < 4.78 is 17.6. The number of benzene rings is 1. The van der Waals surface area contributed by atoms with Crippen LogP contribution in [0.3, 0.4) is 0 Å². The van der Waals surface area contributed by atoms with Crippen molar-refractivity contribution in [2.75, 3.05) is 6.61 Å². The van der Waals surface area contributed by atoms with Crippen molar-refractivity contribution < 1.29 is 14.2 Å². The molecule has 0 aliphatic carbocycles. The molecule has 1 aromatic carbocycles. The van der Waals surface area contributed by atoms with E-state index in [9.17, 15) is 0 Å². The van der Waals surface area contributed by atoms with Crippen molar-refractivity contribution in [1.82, 2.24) is 0 Å². The maximum absolute atomic E-state index is 6.10. The molecule has 3 heteroatoms.